The van der Waals surface area contributed by atoms with Gasteiger partial charge in [-0.05, 0) is 51.1 Å². The van der Waals surface area contributed by atoms with Crippen LogP contribution in [-0.2, 0) is 22.9 Å². The minimum atomic E-state index is -1.77. The molecule has 3 aromatic heterocycles. The number of allylic oxidation sites excluding steroid dienone is 4. The smallest absolute Gasteiger partial charge is 0.333 e. The lowest BCUT2D eigenvalue weighted by Crippen LogP contribution is -2.47. The Labute approximate surface area is 424 Å². The second-order valence-electron chi connectivity index (χ2n) is 21.7. The van der Waals surface area contributed by atoms with Crippen LogP contribution >= 0.6 is 0 Å². The number of aliphatic hydroxyl groups is 4. The molecule has 23 heteroatoms. The minimum Gasteiger partial charge on any atom is -0.396 e. The van der Waals surface area contributed by atoms with E-state index in [9.17, 15) is 52.9 Å². The summed E-state index contributed by atoms with van der Waals surface area (Å²) in [5.41, 5.74) is -2.35. The van der Waals surface area contributed by atoms with E-state index in [0.29, 0.717) is 18.8 Å². The molecule has 0 aliphatic heterocycles. The molecule has 408 valence electrons. The largest absolute Gasteiger partial charge is 0.396 e. The molecule has 0 radical (unpaired) electrons. The summed E-state index contributed by atoms with van der Waals surface area (Å²) in [5.74, 6) is -1.41. The number of ether oxygens (including phenoxy) is 2. The molecule has 0 saturated heterocycles. The first-order chi connectivity index (χ1) is 34.1. The molecule has 3 aromatic rings. The Morgan fingerprint density at radius 2 is 0.945 bits per heavy atom. The number of halogens is 3. The lowest BCUT2D eigenvalue weighted by atomic mass is 9.80. The highest BCUT2D eigenvalue weighted by Crippen LogP contribution is 2.35. The average molecular weight is 1070 g/mol. The zero-order chi connectivity index (χ0) is 54.9. The van der Waals surface area contributed by atoms with Gasteiger partial charge in [0.1, 0.15) is 19.6 Å². The molecule has 0 aromatic carbocycles. The van der Waals surface area contributed by atoms with Gasteiger partial charge in [0.15, 0.2) is 12.3 Å². The number of aromatic amines is 1. The zero-order valence-corrected chi connectivity index (χ0v) is 45.9. The van der Waals surface area contributed by atoms with Crippen molar-refractivity contribution < 1.29 is 43.1 Å². The second-order valence-corrected chi connectivity index (χ2v) is 33.0. The fraction of sp³-hybridized carbons (Fsp3) is 0.640. The zero-order valence-electron chi connectivity index (χ0n) is 43.9. The molecule has 0 amide bonds. The molecule has 0 unspecified atom stereocenters. The molecule has 0 saturated carbocycles. The number of alkyl halides is 3. The topological polar surface area (TPSA) is 242 Å². The Kier molecular flexibility index (Phi) is 21.8. The fourth-order valence-electron chi connectivity index (χ4n) is 8.55. The van der Waals surface area contributed by atoms with E-state index >= 15 is 4.39 Å². The van der Waals surface area contributed by atoms with Crippen LogP contribution in [0.3, 0.4) is 0 Å². The number of aromatic nitrogens is 6. The van der Waals surface area contributed by atoms with Crippen molar-refractivity contribution in [3.8, 4) is 0 Å². The number of nitrogens with one attached hydrogen (secondary N) is 1. The van der Waals surface area contributed by atoms with Crippen molar-refractivity contribution in [3.05, 3.63) is 134 Å². The summed E-state index contributed by atoms with van der Waals surface area (Å²) in [5, 5.41) is 37.9. The molecule has 3 heterocycles. The molecule has 0 bridgehead atoms. The minimum absolute atomic E-state index is 0.0929. The predicted molar refractivity (Wildman–Crippen MR) is 279 cm³/mol. The summed E-state index contributed by atoms with van der Waals surface area (Å²) in [7, 11) is -2.55. The third-order valence-electron chi connectivity index (χ3n) is 13.5. The third-order valence-corrected chi connectivity index (χ3v) is 16.9. The monoisotopic (exact) mass is 1070 g/mol. The van der Waals surface area contributed by atoms with Crippen LogP contribution in [0.2, 0.25) is 51.4 Å². The van der Waals surface area contributed by atoms with Crippen molar-refractivity contribution in [3.63, 3.8) is 0 Å². The number of hydrogen-bond acceptors (Lipinski definition) is 12. The molecule has 73 heavy (non-hydrogen) atoms. The molecule has 5 N–H and O–H groups in total. The predicted octanol–water partition coefficient (Wildman–Crippen LogP) is 4.05. The standard InChI is InChI=1S/C20H33FN2O3Si.C18H29FN2O5Si.C12H15FN2O4/c1-7-16-8-9-17(18(21)15(16)3)22-12-14(2)19(24)23(20(22)25)13-26-10-11-27(4,5)6;1-12-9-20(14-6-5-13(10-22)16(23)15(14)19)18(25)21(17(12)24)11-26-7-8-27(2,3)4;1-6-4-15(12(19)14-11(6)18)8-3-2-7(5-16)10(17)9(8)13/h8-9,12,15-18H,7,10-11,13H2,1-6H3;5-6,9,13-16,22-23H,7-8,10-11H2,1-4H3;2-4,7-10,16-17H,5H2,1H3,(H,14,18,19)/t15-,16+,17-,18-;13-,14-,15+,16-;7-,8-,9+,10-/m111/s1. The lowest BCUT2D eigenvalue weighted by Gasteiger charge is -2.33. The fourth-order valence-corrected chi connectivity index (χ4v) is 10.1. The average Bonchev–Trinajstić information content (AvgIpc) is 3.32. The maximum atomic E-state index is 15.0. The molecule has 0 spiro atoms. The van der Waals surface area contributed by atoms with Gasteiger partial charge in [-0.3, -0.25) is 33.1 Å². The van der Waals surface area contributed by atoms with E-state index in [2.05, 4.69) is 44.3 Å². The van der Waals surface area contributed by atoms with Crippen LogP contribution in [0.1, 0.15) is 55.1 Å². The maximum absolute atomic E-state index is 15.0. The van der Waals surface area contributed by atoms with Crippen LogP contribution in [0.15, 0.2) is 83.8 Å². The molecule has 12 atom stereocenters. The van der Waals surface area contributed by atoms with Gasteiger partial charge >= 0.3 is 17.1 Å². The highest BCUT2D eigenvalue weighted by molar-refractivity contribution is 6.76. The Morgan fingerprint density at radius 1 is 0.575 bits per heavy atom. The molecule has 0 fully saturated rings. The van der Waals surface area contributed by atoms with Gasteiger partial charge in [-0.2, -0.15) is 0 Å². The third kappa shape index (κ3) is 15.4. The van der Waals surface area contributed by atoms with E-state index < -0.39 is 105 Å². The van der Waals surface area contributed by atoms with Gasteiger partial charge in [0.2, 0.25) is 0 Å². The highest BCUT2D eigenvalue weighted by atomic mass is 28.3. The number of hydrogen-bond donors (Lipinski definition) is 5. The first-order valence-corrected chi connectivity index (χ1v) is 32.2. The highest BCUT2D eigenvalue weighted by Gasteiger charge is 2.39. The number of nitrogens with zero attached hydrogens (tertiary/aromatic N) is 5. The van der Waals surface area contributed by atoms with Crippen molar-refractivity contribution in [2.24, 2.45) is 23.7 Å². The van der Waals surface area contributed by atoms with Gasteiger partial charge < -0.3 is 29.9 Å². The van der Waals surface area contributed by atoms with E-state index in [1.165, 1.54) is 54.4 Å². The van der Waals surface area contributed by atoms with Gasteiger partial charge in [-0.15, -0.1) is 0 Å². The van der Waals surface area contributed by atoms with E-state index in [1.54, 1.807) is 19.9 Å². The normalized spacial score (nSPS) is 27.0. The molecule has 3 aliphatic carbocycles. The van der Waals surface area contributed by atoms with E-state index in [0.717, 1.165) is 36.8 Å². The first kappa shape index (κ1) is 60.8. The summed E-state index contributed by atoms with van der Waals surface area (Å²) >= 11 is 0. The number of rotatable bonds is 16. The second kappa shape index (κ2) is 26.1. The Hall–Kier alpha value is -4.76. The van der Waals surface area contributed by atoms with Crippen molar-refractivity contribution in [1.82, 2.24) is 27.8 Å². The van der Waals surface area contributed by atoms with Gasteiger partial charge in [0, 0.05) is 76.5 Å². The lowest BCUT2D eigenvalue weighted by molar-refractivity contribution is 0.000142. The van der Waals surface area contributed by atoms with Crippen LogP contribution in [0.4, 0.5) is 13.2 Å². The number of aliphatic hydroxyl groups excluding tert-OH is 4. The number of aryl methyl sites for hydroxylation is 3. The van der Waals surface area contributed by atoms with Crippen LogP contribution in [0, 0.1) is 44.4 Å². The van der Waals surface area contributed by atoms with Crippen molar-refractivity contribution in [1.29, 1.82) is 0 Å². The van der Waals surface area contributed by atoms with E-state index in [-0.39, 0.29) is 55.2 Å². The van der Waals surface area contributed by atoms with Crippen molar-refractivity contribution in [2.75, 3.05) is 26.4 Å². The van der Waals surface area contributed by atoms with E-state index in [4.69, 9.17) is 14.6 Å². The van der Waals surface area contributed by atoms with Crippen LogP contribution < -0.4 is 33.7 Å². The van der Waals surface area contributed by atoms with Gasteiger partial charge in [-0.25, -0.2) is 36.7 Å². The summed E-state index contributed by atoms with van der Waals surface area (Å²) in [6.45, 7) is 21.8. The van der Waals surface area contributed by atoms with Crippen molar-refractivity contribution >= 4 is 16.1 Å². The first-order valence-electron chi connectivity index (χ1n) is 24.8. The summed E-state index contributed by atoms with van der Waals surface area (Å²) < 4.78 is 60.5. The maximum Gasteiger partial charge on any atom is 0.333 e. The van der Waals surface area contributed by atoms with Crippen LogP contribution in [0.25, 0.3) is 0 Å². The summed E-state index contributed by atoms with van der Waals surface area (Å²) in [6, 6.07) is -0.893. The molecule has 3 aliphatic rings. The van der Waals surface area contributed by atoms with Gasteiger partial charge in [0.05, 0.1) is 43.5 Å². The summed E-state index contributed by atoms with van der Waals surface area (Å²) in [4.78, 5) is 75.4. The summed E-state index contributed by atoms with van der Waals surface area (Å²) in [6.07, 6.45) is 6.99. The van der Waals surface area contributed by atoms with Gasteiger partial charge in [-0.1, -0.05) is 89.6 Å². The van der Waals surface area contributed by atoms with Crippen LogP contribution in [0.5, 0.6) is 0 Å². The van der Waals surface area contributed by atoms with E-state index in [1.807, 2.05) is 19.9 Å². The molecular weight excluding hydrogens is 990 g/mol. The number of H-pyrrole nitrogens is 1. The van der Waals surface area contributed by atoms with Crippen molar-refractivity contribution in [2.45, 2.75) is 155 Å². The Balaban J connectivity index is 0.000000241. The Morgan fingerprint density at radius 3 is 1.33 bits per heavy atom. The Bertz CT molecular complexity index is 2660. The van der Waals surface area contributed by atoms with Gasteiger partial charge in [0.25, 0.3) is 16.7 Å². The molecular formula is C50H77F3N6O12Si2. The SMILES string of the molecule is CC[C@H]1C=C[C@@H](n2cc(C)c(=O)n(COCC[Si](C)(C)C)c2=O)[C@H](F)[C@@H]1C.Cc1cn([C@@H]2C=C[C@H](CO)[C@@H](O)[C@H]2F)c(=O)[nH]c1=O.Cc1cn([C@@H]2C=C[C@H](CO)[C@@H](O)[C@H]2F)c(=O)n(COCC[Si](C)(C)C)c1=O. The van der Waals surface area contributed by atoms with Crippen LogP contribution in [-0.4, -0.2) is 122 Å². The molecule has 6 rings (SSSR count). The quantitative estimate of drug-likeness (QED) is 0.0776. The molecule has 18 nitrogen and oxygen atoms in total.